The number of rotatable bonds is 4. The van der Waals surface area contributed by atoms with Crippen LogP contribution < -0.4 is 5.32 Å². The number of aromatic nitrogens is 1. The number of non-ortho nitro benzene ring substituents is 1. The third-order valence-electron chi connectivity index (χ3n) is 3.63. The number of amides is 1. The molecule has 2 aromatic carbocycles. The average molecular weight is 392 g/mol. The molecule has 0 bridgehead atoms. The molecule has 0 spiro atoms. The molecule has 1 aromatic heterocycles. The van der Waals surface area contributed by atoms with E-state index in [4.69, 9.17) is 27.7 Å². The minimum absolute atomic E-state index is 0.0762. The van der Waals surface area contributed by atoms with E-state index in [9.17, 15) is 14.9 Å². The topological polar surface area (TPSA) is 98.3 Å². The smallest absolute Gasteiger partial charge is 0.269 e. The highest BCUT2D eigenvalue weighted by Crippen LogP contribution is 2.37. The third-order valence-corrected chi connectivity index (χ3v) is 4.26. The van der Waals surface area contributed by atoms with Gasteiger partial charge in [-0.3, -0.25) is 14.9 Å². The maximum Gasteiger partial charge on any atom is 0.269 e. The number of nitrogens with one attached hydrogen (secondary N) is 1. The Morgan fingerprint density at radius 2 is 1.77 bits per heavy atom. The molecule has 7 nitrogen and oxygen atoms in total. The van der Waals surface area contributed by atoms with Crippen molar-refractivity contribution in [2.45, 2.75) is 6.92 Å². The van der Waals surface area contributed by atoms with E-state index in [2.05, 4.69) is 10.5 Å². The van der Waals surface area contributed by atoms with Gasteiger partial charge in [-0.1, -0.05) is 34.4 Å². The van der Waals surface area contributed by atoms with Crippen molar-refractivity contribution in [1.82, 2.24) is 5.16 Å². The van der Waals surface area contributed by atoms with E-state index in [1.165, 1.54) is 24.3 Å². The van der Waals surface area contributed by atoms with Crippen LogP contribution in [0.1, 0.15) is 16.1 Å². The van der Waals surface area contributed by atoms with Gasteiger partial charge in [0.05, 0.1) is 15.0 Å². The Morgan fingerprint density at radius 1 is 1.15 bits per heavy atom. The maximum absolute atomic E-state index is 12.7. The minimum Gasteiger partial charge on any atom is -0.360 e. The Balaban J connectivity index is 1.96. The lowest BCUT2D eigenvalue weighted by atomic mass is 10.1. The normalized spacial score (nSPS) is 10.6. The molecule has 3 aromatic rings. The zero-order valence-electron chi connectivity index (χ0n) is 13.3. The van der Waals surface area contributed by atoms with Gasteiger partial charge in [0.15, 0.2) is 0 Å². The molecular formula is C17H11Cl2N3O4. The monoisotopic (exact) mass is 391 g/mol. The van der Waals surface area contributed by atoms with Gasteiger partial charge in [-0.2, -0.15) is 0 Å². The van der Waals surface area contributed by atoms with Crippen LogP contribution in [-0.2, 0) is 0 Å². The quantitative estimate of drug-likeness (QED) is 0.491. The van der Waals surface area contributed by atoms with Crippen LogP contribution >= 0.6 is 23.2 Å². The lowest BCUT2D eigenvalue weighted by molar-refractivity contribution is -0.384. The van der Waals surface area contributed by atoms with E-state index < -0.39 is 10.8 Å². The number of benzene rings is 2. The number of nitrogens with zero attached hydrogens (tertiary/aromatic N) is 2. The molecule has 0 atom stereocenters. The van der Waals surface area contributed by atoms with Crippen LogP contribution in [0, 0.1) is 17.0 Å². The van der Waals surface area contributed by atoms with E-state index in [0.717, 1.165) is 0 Å². The van der Waals surface area contributed by atoms with Gasteiger partial charge in [0.2, 0.25) is 0 Å². The summed E-state index contributed by atoms with van der Waals surface area (Å²) in [4.78, 5) is 22.9. The molecule has 0 unspecified atom stereocenters. The van der Waals surface area contributed by atoms with Crippen LogP contribution in [0.15, 0.2) is 47.0 Å². The Morgan fingerprint density at radius 3 is 2.35 bits per heavy atom. The van der Waals surface area contributed by atoms with E-state index in [-0.39, 0.29) is 22.7 Å². The summed E-state index contributed by atoms with van der Waals surface area (Å²) in [7, 11) is 0. The summed E-state index contributed by atoms with van der Waals surface area (Å²) in [6.45, 7) is 1.59. The van der Waals surface area contributed by atoms with Crippen molar-refractivity contribution >= 4 is 40.5 Å². The Hall–Kier alpha value is -2.90. The molecule has 0 aliphatic carbocycles. The molecule has 0 aliphatic heterocycles. The van der Waals surface area contributed by atoms with Crippen molar-refractivity contribution in [3.05, 3.63) is 73.9 Å². The Labute approximate surface area is 157 Å². The summed E-state index contributed by atoms with van der Waals surface area (Å²) in [5, 5.41) is 17.9. The molecule has 0 radical (unpaired) electrons. The first-order valence-corrected chi connectivity index (χ1v) is 8.10. The fraction of sp³-hybridized carbons (Fsp3) is 0.0588. The van der Waals surface area contributed by atoms with Gasteiger partial charge in [-0.25, -0.2) is 0 Å². The molecule has 0 saturated carbocycles. The van der Waals surface area contributed by atoms with Gasteiger partial charge in [-0.15, -0.1) is 0 Å². The predicted molar refractivity (Wildman–Crippen MR) is 97.7 cm³/mol. The third kappa shape index (κ3) is 3.40. The fourth-order valence-corrected chi connectivity index (χ4v) is 2.97. The van der Waals surface area contributed by atoms with Crippen LogP contribution in [0.4, 0.5) is 11.4 Å². The number of hydrogen-bond donors (Lipinski definition) is 1. The minimum atomic E-state index is -0.521. The zero-order valence-corrected chi connectivity index (χ0v) is 14.8. The van der Waals surface area contributed by atoms with Gasteiger partial charge in [0, 0.05) is 23.4 Å². The second-order valence-electron chi connectivity index (χ2n) is 5.32. The standard InChI is InChI=1S/C17H11Cl2N3O4/c1-9-14(16(21-26-9)15-12(18)3-2-4-13(15)19)17(23)20-10-5-7-11(8-6-10)22(24)25/h2-8H,1H3,(H,20,23). The summed E-state index contributed by atoms with van der Waals surface area (Å²) in [5.74, 6) is -0.209. The second-order valence-corrected chi connectivity index (χ2v) is 6.13. The molecule has 0 fully saturated rings. The molecule has 0 aliphatic rings. The lowest BCUT2D eigenvalue weighted by Gasteiger charge is -2.08. The van der Waals surface area contributed by atoms with Gasteiger partial charge >= 0.3 is 0 Å². The summed E-state index contributed by atoms with van der Waals surface area (Å²) >= 11 is 12.4. The summed E-state index contributed by atoms with van der Waals surface area (Å²) in [5.41, 5.74) is 1.10. The first-order valence-electron chi connectivity index (χ1n) is 7.35. The molecule has 1 amide bonds. The lowest BCUT2D eigenvalue weighted by Crippen LogP contribution is -2.13. The van der Waals surface area contributed by atoms with Gasteiger partial charge in [0.1, 0.15) is 17.0 Å². The summed E-state index contributed by atoms with van der Waals surface area (Å²) < 4.78 is 5.15. The van der Waals surface area contributed by atoms with Gasteiger partial charge in [-0.05, 0) is 31.2 Å². The van der Waals surface area contributed by atoms with Crippen LogP contribution in [-0.4, -0.2) is 16.0 Å². The second kappa shape index (κ2) is 7.15. The SMILES string of the molecule is Cc1onc(-c2c(Cl)cccc2Cl)c1C(=O)Nc1ccc([N+](=O)[O-])cc1. The largest absolute Gasteiger partial charge is 0.360 e. The Bertz CT molecular complexity index is 979. The molecule has 26 heavy (non-hydrogen) atoms. The predicted octanol–water partition coefficient (Wildman–Crippen LogP) is 5.12. The molecule has 0 saturated heterocycles. The number of nitro groups is 1. The molecule has 132 valence electrons. The number of hydrogen-bond acceptors (Lipinski definition) is 5. The number of nitro benzene ring substituents is 1. The van der Waals surface area contributed by atoms with Crippen molar-refractivity contribution in [1.29, 1.82) is 0 Å². The number of carbonyl (C=O) groups is 1. The van der Waals surface area contributed by atoms with Crippen molar-refractivity contribution in [3.8, 4) is 11.3 Å². The molecular weight excluding hydrogens is 381 g/mol. The number of aryl methyl sites for hydroxylation is 1. The van der Waals surface area contributed by atoms with Crippen molar-refractivity contribution in [2.75, 3.05) is 5.32 Å². The van der Waals surface area contributed by atoms with E-state index >= 15 is 0 Å². The first-order chi connectivity index (χ1) is 12.4. The molecule has 3 rings (SSSR count). The van der Waals surface area contributed by atoms with Crippen LogP contribution in [0.5, 0.6) is 0 Å². The zero-order chi connectivity index (χ0) is 18.8. The average Bonchev–Trinajstić information content (AvgIpc) is 2.96. The van der Waals surface area contributed by atoms with E-state index in [0.29, 0.717) is 21.3 Å². The van der Waals surface area contributed by atoms with E-state index in [1.54, 1.807) is 25.1 Å². The highest BCUT2D eigenvalue weighted by atomic mass is 35.5. The molecule has 1 heterocycles. The van der Waals surface area contributed by atoms with Crippen LogP contribution in [0.3, 0.4) is 0 Å². The summed E-state index contributed by atoms with van der Waals surface area (Å²) in [6, 6.07) is 10.4. The number of carbonyl (C=O) groups excluding carboxylic acids is 1. The van der Waals surface area contributed by atoms with Crippen molar-refractivity contribution in [2.24, 2.45) is 0 Å². The summed E-state index contributed by atoms with van der Waals surface area (Å²) in [6.07, 6.45) is 0. The fourth-order valence-electron chi connectivity index (χ4n) is 2.39. The van der Waals surface area contributed by atoms with Gasteiger partial charge < -0.3 is 9.84 Å². The molecule has 1 N–H and O–H groups in total. The number of anilines is 1. The van der Waals surface area contributed by atoms with Crippen LogP contribution in [0.2, 0.25) is 10.0 Å². The first kappa shape index (κ1) is 17.9. The maximum atomic E-state index is 12.7. The van der Waals surface area contributed by atoms with Crippen LogP contribution in [0.25, 0.3) is 11.3 Å². The Kier molecular flexibility index (Phi) is 4.92. The molecule has 9 heteroatoms. The highest BCUT2D eigenvalue weighted by molar-refractivity contribution is 6.39. The van der Waals surface area contributed by atoms with Crippen molar-refractivity contribution < 1.29 is 14.2 Å². The van der Waals surface area contributed by atoms with Gasteiger partial charge in [0.25, 0.3) is 11.6 Å². The number of halogens is 2. The van der Waals surface area contributed by atoms with E-state index in [1.807, 2.05) is 0 Å². The van der Waals surface area contributed by atoms with Crippen molar-refractivity contribution in [3.63, 3.8) is 0 Å². The highest BCUT2D eigenvalue weighted by Gasteiger charge is 2.25.